The minimum Gasteiger partial charge on any atom is -0.495 e. The van der Waals surface area contributed by atoms with Gasteiger partial charge < -0.3 is 9.64 Å². The smallest absolute Gasteiger partial charge is 0.247 e. The van der Waals surface area contributed by atoms with Crippen molar-refractivity contribution in [1.82, 2.24) is 9.21 Å². The minimum absolute atomic E-state index is 0.0378. The second-order valence-corrected chi connectivity index (χ2v) is 10.2. The monoisotopic (exact) mass is 454 g/mol. The highest BCUT2D eigenvalue weighted by atomic mass is 35.5. The Balaban J connectivity index is 2.26. The van der Waals surface area contributed by atoms with Gasteiger partial charge in [0.2, 0.25) is 15.9 Å². The van der Waals surface area contributed by atoms with Crippen LogP contribution in [0.1, 0.15) is 10.4 Å². The van der Waals surface area contributed by atoms with Gasteiger partial charge in [-0.1, -0.05) is 23.7 Å². The number of nitrogens with zero attached hydrogens (tertiary/aromatic N) is 2. The van der Waals surface area contributed by atoms with Crippen molar-refractivity contribution in [3.63, 3.8) is 0 Å². The van der Waals surface area contributed by atoms with Crippen LogP contribution in [0.25, 0.3) is 6.08 Å². The number of hydrogen-bond donors (Lipinski definition) is 0. The molecule has 1 heterocycles. The number of halogens is 1. The maximum absolute atomic E-state index is 12.6. The molecule has 0 aliphatic heterocycles. The van der Waals surface area contributed by atoms with Gasteiger partial charge in [-0.25, -0.2) is 12.7 Å². The number of carbonyl (C=O) groups excluding carboxylic acids is 1. The third-order valence-corrected chi connectivity index (χ3v) is 7.05. The van der Waals surface area contributed by atoms with E-state index in [0.29, 0.717) is 23.0 Å². The second kappa shape index (κ2) is 10.1. The lowest BCUT2D eigenvalue weighted by Crippen LogP contribution is -2.28. The first-order valence-corrected chi connectivity index (χ1v) is 11.2. The Morgan fingerprint density at radius 2 is 2.00 bits per heavy atom. The van der Waals surface area contributed by atoms with Crippen molar-refractivity contribution in [2.45, 2.75) is 11.4 Å². The molecule has 1 amide bonds. The Morgan fingerprint density at radius 3 is 2.55 bits per heavy atom. The van der Waals surface area contributed by atoms with Gasteiger partial charge in [0.1, 0.15) is 10.6 Å². The van der Waals surface area contributed by atoms with Crippen LogP contribution in [0.4, 0.5) is 0 Å². The third-order valence-electron chi connectivity index (χ3n) is 4.00. The molecule has 0 atom stereocenters. The summed E-state index contributed by atoms with van der Waals surface area (Å²) < 4.78 is 32.0. The molecular weight excluding hydrogens is 432 g/mol. The Kier molecular flexibility index (Phi) is 8.04. The number of amides is 1. The van der Waals surface area contributed by atoms with Crippen LogP contribution in [0.15, 0.2) is 54.0 Å². The lowest BCUT2D eigenvalue weighted by Gasteiger charge is -2.18. The van der Waals surface area contributed by atoms with Crippen LogP contribution in [0.3, 0.4) is 0 Å². The molecule has 2 aromatic rings. The van der Waals surface area contributed by atoms with Crippen molar-refractivity contribution >= 4 is 44.9 Å². The van der Waals surface area contributed by atoms with E-state index in [1.54, 1.807) is 35.3 Å². The van der Waals surface area contributed by atoms with Gasteiger partial charge in [0.15, 0.2) is 0 Å². The van der Waals surface area contributed by atoms with Gasteiger partial charge in [-0.3, -0.25) is 4.79 Å². The predicted octanol–water partition coefficient (Wildman–Crippen LogP) is 3.89. The number of carbonyl (C=O) groups is 1. The summed E-state index contributed by atoms with van der Waals surface area (Å²) in [6.45, 7) is 4.49. The molecule has 6 nitrogen and oxygen atoms in total. The first-order chi connectivity index (χ1) is 13.7. The fraction of sp³-hybridized carbons (Fsp3) is 0.250. The molecule has 0 fully saturated rings. The summed E-state index contributed by atoms with van der Waals surface area (Å²) in [6.07, 6.45) is 4.64. The van der Waals surface area contributed by atoms with E-state index in [0.717, 1.165) is 9.18 Å². The molecule has 0 saturated heterocycles. The molecular formula is C20H23ClN2O4S2. The van der Waals surface area contributed by atoms with Gasteiger partial charge in [0.25, 0.3) is 0 Å². The molecule has 0 spiro atoms. The van der Waals surface area contributed by atoms with Gasteiger partial charge in [-0.2, -0.15) is 0 Å². The summed E-state index contributed by atoms with van der Waals surface area (Å²) in [6, 6.07) is 8.40. The van der Waals surface area contributed by atoms with Crippen LogP contribution in [0.2, 0.25) is 4.34 Å². The largest absolute Gasteiger partial charge is 0.495 e. The standard InChI is InChI=1S/C20H23ClN2O4S2/c1-5-12-23(14-16-8-10-19(21)28-16)20(24)11-7-15-6-9-17(27-4)18(13-15)29(25,26)22(2)3/h5-11,13H,1,12,14H2,2-4H3/b11-7+. The molecule has 2 rings (SSSR count). The lowest BCUT2D eigenvalue weighted by atomic mass is 10.2. The molecule has 156 valence electrons. The Bertz CT molecular complexity index is 1010. The average Bonchev–Trinajstić information content (AvgIpc) is 3.10. The van der Waals surface area contributed by atoms with Gasteiger partial charge in [0.05, 0.1) is 18.0 Å². The zero-order chi connectivity index (χ0) is 21.6. The first-order valence-electron chi connectivity index (χ1n) is 8.61. The van der Waals surface area contributed by atoms with E-state index in [2.05, 4.69) is 6.58 Å². The van der Waals surface area contributed by atoms with E-state index in [-0.39, 0.29) is 16.6 Å². The van der Waals surface area contributed by atoms with Crippen molar-refractivity contribution < 1.29 is 17.9 Å². The summed E-state index contributed by atoms with van der Waals surface area (Å²) in [4.78, 5) is 15.3. The second-order valence-electron chi connectivity index (χ2n) is 6.24. The summed E-state index contributed by atoms with van der Waals surface area (Å²) in [5.41, 5.74) is 0.567. The quantitative estimate of drug-likeness (QED) is 0.426. The fourth-order valence-corrected chi connectivity index (χ4v) is 4.67. The van der Waals surface area contributed by atoms with E-state index in [1.165, 1.54) is 44.7 Å². The minimum atomic E-state index is -3.69. The molecule has 0 N–H and O–H groups in total. The number of ether oxygens (including phenoxy) is 1. The predicted molar refractivity (Wildman–Crippen MR) is 118 cm³/mol. The third kappa shape index (κ3) is 5.93. The van der Waals surface area contributed by atoms with E-state index in [9.17, 15) is 13.2 Å². The van der Waals surface area contributed by atoms with Crippen LogP contribution in [-0.2, 0) is 21.4 Å². The van der Waals surface area contributed by atoms with Crippen LogP contribution in [0.5, 0.6) is 5.75 Å². The molecule has 0 aliphatic carbocycles. The van der Waals surface area contributed by atoms with Crippen molar-refractivity contribution in [3.8, 4) is 5.75 Å². The zero-order valence-corrected chi connectivity index (χ0v) is 18.9. The highest BCUT2D eigenvalue weighted by Crippen LogP contribution is 2.27. The van der Waals surface area contributed by atoms with Crippen molar-refractivity contribution in [1.29, 1.82) is 0 Å². The highest BCUT2D eigenvalue weighted by molar-refractivity contribution is 7.89. The van der Waals surface area contributed by atoms with Crippen LogP contribution >= 0.6 is 22.9 Å². The topological polar surface area (TPSA) is 66.9 Å². The summed E-state index contributed by atoms with van der Waals surface area (Å²) in [7, 11) is 0.619. The Hall–Kier alpha value is -2.13. The van der Waals surface area contributed by atoms with Crippen LogP contribution in [-0.4, -0.2) is 51.3 Å². The molecule has 0 aliphatic rings. The molecule has 0 bridgehead atoms. The van der Waals surface area contributed by atoms with Gasteiger partial charge in [0, 0.05) is 31.6 Å². The first kappa shape index (κ1) is 23.2. The zero-order valence-electron chi connectivity index (χ0n) is 16.5. The fourth-order valence-electron chi connectivity index (χ4n) is 2.48. The molecule has 0 radical (unpaired) electrons. The summed E-state index contributed by atoms with van der Waals surface area (Å²) in [5, 5.41) is 0. The molecule has 1 aromatic heterocycles. The van der Waals surface area contributed by atoms with Crippen molar-refractivity contribution in [2.24, 2.45) is 0 Å². The number of methoxy groups -OCH3 is 1. The SMILES string of the molecule is C=CCN(Cc1ccc(Cl)s1)C(=O)/C=C/c1ccc(OC)c(S(=O)(=O)N(C)C)c1. The van der Waals surface area contributed by atoms with Crippen molar-refractivity contribution in [3.05, 3.63) is 63.8 Å². The van der Waals surface area contributed by atoms with E-state index >= 15 is 0 Å². The normalized spacial score (nSPS) is 11.8. The van der Waals surface area contributed by atoms with E-state index in [1.807, 2.05) is 6.07 Å². The van der Waals surface area contributed by atoms with E-state index in [4.69, 9.17) is 16.3 Å². The highest BCUT2D eigenvalue weighted by Gasteiger charge is 2.22. The molecule has 1 aromatic carbocycles. The number of thiophene rings is 1. The number of hydrogen-bond acceptors (Lipinski definition) is 5. The Labute approximate surface area is 180 Å². The number of rotatable bonds is 9. The molecule has 0 saturated carbocycles. The number of sulfonamides is 1. The number of benzene rings is 1. The van der Waals surface area contributed by atoms with Gasteiger partial charge in [-0.15, -0.1) is 17.9 Å². The summed E-state index contributed by atoms with van der Waals surface area (Å²) >= 11 is 7.37. The van der Waals surface area contributed by atoms with Gasteiger partial charge in [-0.05, 0) is 35.9 Å². The van der Waals surface area contributed by atoms with Gasteiger partial charge >= 0.3 is 0 Å². The maximum Gasteiger partial charge on any atom is 0.247 e. The average molecular weight is 455 g/mol. The van der Waals surface area contributed by atoms with Crippen LogP contribution < -0.4 is 4.74 Å². The molecule has 29 heavy (non-hydrogen) atoms. The molecule has 9 heteroatoms. The summed E-state index contributed by atoms with van der Waals surface area (Å²) in [5.74, 6) is 0.0206. The Morgan fingerprint density at radius 1 is 1.28 bits per heavy atom. The van der Waals surface area contributed by atoms with Crippen LogP contribution in [0, 0.1) is 0 Å². The van der Waals surface area contributed by atoms with E-state index < -0.39 is 10.0 Å². The molecule has 0 unspecified atom stereocenters. The maximum atomic E-state index is 12.6. The lowest BCUT2D eigenvalue weighted by molar-refractivity contribution is -0.126. The van der Waals surface area contributed by atoms with Crippen molar-refractivity contribution in [2.75, 3.05) is 27.7 Å².